The van der Waals surface area contributed by atoms with Gasteiger partial charge in [-0.2, -0.15) is 0 Å². The Bertz CT molecular complexity index is 305. The van der Waals surface area contributed by atoms with Gasteiger partial charge in [0.25, 0.3) is 0 Å². The molecule has 18 heavy (non-hydrogen) atoms. The largest absolute Gasteiger partial charge is 0.344 e. The van der Waals surface area contributed by atoms with Crippen LogP contribution in [-0.2, 0) is 4.79 Å². The Kier molecular flexibility index (Phi) is 4.31. The molecule has 2 rings (SSSR count). The van der Waals surface area contributed by atoms with Gasteiger partial charge in [-0.1, -0.05) is 26.7 Å². The summed E-state index contributed by atoms with van der Waals surface area (Å²) in [5.41, 5.74) is 6.03. The number of fused-ring (bicyclic) bond motifs is 2. The summed E-state index contributed by atoms with van der Waals surface area (Å²) in [5.74, 6) is 2.98. The molecule has 0 aromatic carbocycles. The van der Waals surface area contributed by atoms with Crippen LogP contribution < -0.4 is 5.73 Å². The van der Waals surface area contributed by atoms with Gasteiger partial charge in [-0.15, -0.1) is 0 Å². The van der Waals surface area contributed by atoms with Crippen molar-refractivity contribution < 1.29 is 4.79 Å². The van der Waals surface area contributed by atoms with E-state index in [0.717, 1.165) is 30.7 Å². The Balaban J connectivity index is 1.84. The van der Waals surface area contributed by atoms with E-state index in [1.807, 2.05) is 11.9 Å². The van der Waals surface area contributed by atoms with Crippen LogP contribution >= 0.6 is 0 Å². The molecule has 2 bridgehead atoms. The fourth-order valence-electron chi connectivity index (χ4n) is 3.79. The van der Waals surface area contributed by atoms with Crippen LogP contribution in [0.25, 0.3) is 0 Å². The van der Waals surface area contributed by atoms with Gasteiger partial charge in [0.05, 0.1) is 6.04 Å². The van der Waals surface area contributed by atoms with Crippen LogP contribution in [0.1, 0.15) is 46.0 Å². The third kappa shape index (κ3) is 2.71. The van der Waals surface area contributed by atoms with Gasteiger partial charge in [0.1, 0.15) is 0 Å². The zero-order valence-electron chi connectivity index (χ0n) is 12.1. The third-order valence-electron chi connectivity index (χ3n) is 5.31. The van der Waals surface area contributed by atoms with Crippen molar-refractivity contribution in [3.8, 4) is 0 Å². The average Bonchev–Trinajstić information content (AvgIpc) is 2.98. The monoisotopic (exact) mass is 252 g/mol. The van der Waals surface area contributed by atoms with Crippen LogP contribution in [-0.4, -0.2) is 30.4 Å². The number of carbonyl (C=O) groups is 1. The molecule has 0 aliphatic heterocycles. The Morgan fingerprint density at radius 1 is 1.39 bits per heavy atom. The number of likely N-dealkylation sites (N-methyl/N-ethyl adjacent to an activating group) is 1. The molecule has 3 unspecified atom stereocenters. The molecule has 0 saturated heterocycles. The van der Waals surface area contributed by atoms with Crippen molar-refractivity contribution >= 4 is 5.91 Å². The number of hydrogen-bond acceptors (Lipinski definition) is 2. The predicted octanol–water partition coefficient (Wildman–Crippen LogP) is 2.25. The molecule has 2 N–H and O–H groups in total. The zero-order valence-corrected chi connectivity index (χ0v) is 12.1. The van der Waals surface area contributed by atoms with E-state index in [9.17, 15) is 4.79 Å². The van der Waals surface area contributed by atoms with Crippen LogP contribution in [0.3, 0.4) is 0 Å². The predicted molar refractivity (Wildman–Crippen MR) is 74.0 cm³/mol. The van der Waals surface area contributed by atoms with Crippen LogP contribution in [0, 0.1) is 23.7 Å². The summed E-state index contributed by atoms with van der Waals surface area (Å²) in [6, 6.07) is -0.321. The highest BCUT2D eigenvalue weighted by Crippen LogP contribution is 2.48. The van der Waals surface area contributed by atoms with Crippen molar-refractivity contribution in [2.24, 2.45) is 29.4 Å². The summed E-state index contributed by atoms with van der Waals surface area (Å²) in [6.45, 7) is 5.08. The maximum atomic E-state index is 12.2. The number of nitrogens with two attached hydrogens (primary N) is 1. The molecular formula is C15H28N2O. The van der Waals surface area contributed by atoms with E-state index in [1.54, 1.807) is 0 Å². The molecule has 0 radical (unpaired) electrons. The van der Waals surface area contributed by atoms with Crippen LogP contribution in [0.5, 0.6) is 0 Å². The molecule has 0 spiro atoms. The lowest BCUT2D eigenvalue weighted by Crippen LogP contribution is -2.47. The van der Waals surface area contributed by atoms with Crippen LogP contribution in [0.15, 0.2) is 0 Å². The first-order valence-corrected chi connectivity index (χ1v) is 7.53. The normalized spacial score (nSPS) is 33.4. The van der Waals surface area contributed by atoms with Gasteiger partial charge in [0, 0.05) is 13.6 Å². The summed E-state index contributed by atoms with van der Waals surface area (Å²) in [7, 11) is 1.93. The fourth-order valence-corrected chi connectivity index (χ4v) is 3.79. The van der Waals surface area contributed by atoms with E-state index in [2.05, 4.69) is 13.8 Å². The number of carbonyl (C=O) groups excluding carboxylic acids is 1. The van der Waals surface area contributed by atoms with E-state index in [1.165, 1.54) is 25.7 Å². The number of hydrogen-bond donors (Lipinski definition) is 1. The molecule has 0 heterocycles. The van der Waals surface area contributed by atoms with E-state index in [0.29, 0.717) is 0 Å². The second-order valence-corrected chi connectivity index (χ2v) is 6.57. The minimum atomic E-state index is -0.321. The molecule has 2 fully saturated rings. The number of rotatable bonds is 5. The van der Waals surface area contributed by atoms with Gasteiger partial charge in [-0.3, -0.25) is 4.79 Å². The Hall–Kier alpha value is -0.570. The molecule has 3 heteroatoms. The molecule has 2 aliphatic carbocycles. The minimum absolute atomic E-state index is 0.132. The first kappa shape index (κ1) is 13.9. The van der Waals surface area contributed by atoms with Gasteiger partial charge >= 0.3 is 0 Å². The van der Waals surface area contributed by atoms with E-state index in [4.69, 9.17) is 5.73 Å². The summed E-state index contributed by atoms with van der Waals surface area (Å²) in [6.07, 6.45) is 6.51. The molecule has 3 nitrogen and oxygen atoms in total. The second kappa shape index (κ2) is 5.60. The number of amides is 1. The molecule has 2 aliphatic rings. The maximum absolute atomic E-state index is 12.2. The Morgan fingerprint density at radius 3 is 2.61 bits per heavy atom. The Morgan fingerprint density at radius 2 is 2.11 bits per heavy atom. The highest BCUT2D eigenvalue weighted by Gasteiger charge is 2.40. The zero-order chi connectivity index (χ0) is 13.3. The fraction of sp³-hybridized carbons (Fsp3) is 0.933. The van der Waals surface area contributed by atoms with Crippen LogP contribution in [0.2, 0.25) is 0 Å². The van der Waals surface area contributed by atoms with Gasteiger partial charge in [-0.25, -0.2) is 0 Å². The second-order valence-electron chi connectivity index (χ2n) is 6.57. The summed E-state index contributed by atoms with van der Waals surface area (Å²) in [5, 5.41) is 0. The summed E-state index contributed by atoms with van der Waals surface area (Å²) < 4.78 is 0. The average molecular weight is 252 g/mol. The molecule has 0 aromatic rings. The first-order chi connectivity index (χ1) is 8.52. The maximum Gasteiger partial charge on any atom is 0.239 e. The lowest BCUT2D eigenvalue weighted by Gasteiger charge is -2.30. The summed E-state index contributed by atoms with van der Waals surface area (Å²) >= 11 is 0. The third-order valence-corrected chi connectivity index (χ3v) is 5.31. The highest BCUT2D eigenvalue weighted by molar-refractivity contribution is 5.81. The highest BCUT2D eigenvalue weighted by atomic mass is 16.2. The lowest BCUT2D eigenvalue weighted by atomic mass is 9.88. The standard InChI is InChI=1S/C15H28N2O/c1-4-10(2)14(16)15(18)17(3)9-13-8-11-5-6-12(13)7-11/h10-14H,4-9,16H2,1-3H3/t10-,11?,12?,13?,14-/m0/s1. The Labute approximate surface area is 111 Å². The van der Waals surface area contributed by atoms with Crippen molar-refractivity contribution in [2.75, 3.05) is 13.6 Å². The van der Waals surface area contributed by atoms with Crippen molar-refractivity contribution in [3.63, 3.8) is 0 Å². The molecule has 1 amide bonds. The van der Waals surface area contributed by atoms with Gasteiger partial charge < -0.3 is 10.6 Å². The van der Waals surface area contributed by atoms with Crippen LogP contribution in [0.4, 0.5) is 0 Å². The molecule has 5 atom stereocenters. The van der Waals surface area contributed by atoms with Crippen molar-refractivity contribution in [2.45, 2.75) is 52.0 Å². The molecular weight excluding hydrogens is 224 g/mol. The van der Waals surface area contributed by atoms with E-state index >= 15 is 0 Å². The van der Waals surface area contributed by atoms with Gasteiger partial charge in [0.15, 0.2) is 0 Å². The quantitative estimate of drug-likeness (QED) is 0.816. The number of nitrogens with zero attached hydrogens (tertiary/aromatic N) is 1. The van der Waals surface area contributed by atoms with Gasteiger partial charge in [0.2, 0.25) is 5.91 Å². The smallest absolute Gasteiger partial charge is 0.239 e. The van der Waals surface area contributed by atoms with Gasteiger partial charge in [-0.05, 0) is 42.9 Å². The SMILES string of the molecule is CC[C@H](C)[C@H](N)C(=O)N(C)CC1CC2CCC1C2. The molecule has 0 aromatic heterocycles. The van der Waals surface area contributed by atoms with Crippen molar-refractivity contribution in [3.05, 3.63) is 0 Å². The summed E-state index contributed by atoms with van der Waals surface area (Å²) in [4.78, 5) is 14.1. The van der Waals surface area contributed by atoms with E-state index in [-0.39, 0.29) is 17.9 Å². The topological polar surface area (TPSA) is 46.3 Å². The van der Waals surface area contributed by atoms with Crippen molar-refractivity contribution in [1.82, 2.24) is 4.90 Å². The first-order valence-electron chi connectivity index (χ1n) is 7.53. The molecule has 2 saturated carbocycles. The van der Waals surface area contributed by atoms with E-state index < -0.39 is 0 Å². The lowest BCUT2D eigenvalue weighted by molar-refractivity contribution is -0.133. The van der Waals surface area contributed by atoms with Crippen molar-refractivity contribution in [1.29, 1.82) is 0 Å². The minimum Gasteiger partial charge on any atom is -0.344 e. The molecule has 104 valence electrons.